The minimum absolute atomic E-state index is 0.504. The first kappa shape index (κ1) is 7.49. The fourth-order valence-electron chi connectivity index (χ4n) is 1.13. The number of rotatable bonds is 1. The minimum atomic E-state index is 0.504. The number of aromatic nitrogens is 2. The molecule has 12 heavy (non-hydrogen) atoms. The molecule has 2 rings (SSSR count). The predicted molar refractivity (Wildman–Crippen MR) is 47.9 cm³/mol. The lowest BCUT2D eigenvalue weighted by Crippen LogP contribution is -1.82. The van der Waals surface area contributed by atoms with Gasteiger partial charge in [0.15, 0.2) is 11.2 Å². The lowest BCUT2D eigenvalue weighted by Gasteiger charge is -1.87. The quantitative estimate of drug-likeness (QED) is 0.627. The average Bonchev–Trinajstić information content (AvgIpc) is 2.55. The predicted octanol–water partition coefficient (Wildman–Crippen LogP) is 1.83. The molecule has 0 spiro atoms. The van der Waals surface area contributed by atoms with Gasteiger partial charge in [-0.15, -0.1) is 11.3 Å². The third-order valence-corrected chi connectivity index (χ3v) is 3.00. The molecule has 0 aliphatic heterocycles. The van der Waals surface area contributed by atoms with Gasteiger partial charge in [0, 0.05) is 16.8 Å². The minimum Gasteiger partial charge on any atom is -0.296 e. The van der Waals surface area contributed by atoms with Crippen LogP contribution in [0.15, 0.2) is 6.20 Å². The first-order valence-electron chi connectivity index (χ1n) is 3.62. The van der Waals surface area contributed by atoms with Crippen molar-refractivity contribution >= 4 is 22.6 Å². The Bertz CT molecular complexity index is 441. The summed E-state index contributed by atoms with van der Waals surface area (Å²) in [5, 5.41) is 0. The van der Waals surface area contributed by atoms with Crippen LogP contribution in [-0.2, 0) is 0 Å². The second-order valence-electron chi connectivity index (χ2n) is 2.68. The van der Waals surface area contributed by atoms with Crippen LogP contribution in [0.2, 0.25) is 0 Å². The number of hydrogen-bond acceptors (Lipinski definition) is 3. The van der Waals surface area contributed by atoms with Crippen molar-refractivity contribution < 1.29 is 4.79 Å². The summed E-state index contributed by atoms with van der Waals surface area (Å²) in [7, 11) is 0. The smallest absolute Gasteiger partial charge is 0.194 e. The topological polar surface area (TPSA) is 34.4 Å². The molecule has 2 heterocycles. The van der Waals surface area contributed by atoms with Crippen LogP contribution in [0.25, 0.3) is 4.96 Å². The lowest BCUT2D eigenvalue weighted by atomic mass is 10.4. The SMILES string of the molecule is Cc1sc2nc(C=O)cn2c1C. The highest BCUT2D eigenvalue weighted by Gasteiger charge is 2.07. The second kappa shape index (κ2) is 2.42. The fraction of sp³-hybridized carbons (Fsp3) is 0.250. The summed E-state index contributed by atoms with van der Waals surface area (Å²) in [5.74, 6) is 0. The summed E-state index contributed by atoms with van der Waals surface area (Å²) in [6.07, 6.45) is 2.54. The zero-order valence-corrected chi connectivity index (χ0v) is 7.68. The van der Waals surface area contributed by atoms with Gasteiger partial charge >= 0.3 is 0 Å². The molecule has 0 amide bonds. The summed E-state index contributed by atoms with van der Waals surface area (Å²) in [6.45, 7) is 4.07. The number of nitrogens with zero attached hydrogens (tertiary/aromatic N) is 2. The van der Waals surface area contributed by atoms with Crippen molar-refractivity contribution in [1.82, 2.24) is 9.38 Å². The van der Waals surface area contributed by atoms with Crippen molar-refractivity contribution in [3.63, 3.8) is 0 Å². The normalized spacial score (nSPS) is 10.8. The van der Waals surface area contributed by atoms with Gasteiger partial charge < -0.3 is 0 Å². The van der Waals surface area contributed by atoms with Crippen LogP contribution in [0.1, 0.15) is 21.1 Å². The Balaban J connectivity index is 2.79. The van der Waals surface area contributed by atoms with E-state index in [1.165, 1.54) is 4.88 Å². The van der Waals surface area contributed by atoms with Gasteiger partial charge in [0.2, 0.25) is 0 Å². The zero-order valence-electron chi connectivity index (χ0n) is 6.87. The molecule has 0 aliphatic carbocycles. The van der Waals surface area contributed by atoms with Crippen molar-refractivity contribution in [2.45, 2.75) is 13.8 Å². The van der Waals surface area contributed by atoms with Crippen LogP contribution in [0.3, 0.4) is 0 Å². The molecule has 0 saturated carbocycles. The van der Waals surface area contributed by atoms with Gasteiger partial charge in [-0.25, -0.2) is 4.98 Å². The monoisotopic (exact) mass is 180 g/mol. The van der Waals surface area contributed by atoms with E-state index in [4.69, 9.17) is 0 Å². The summed E-state index contributed by atoms with van der Waals surface area (Å²) in [6, 6.07) is 0. The molecular formula is C8H8N2OS. The van der Waals surface area contributed by atoms with E-state index < -0.39 is 0 Å². The third kappa shape index (κ3) is 0.881. The van der Waals surface area contributed by atoms with Gasteiger partial charge in [0.05, 0.1) is 0 Å². The molecule has 2 aromatic rings. The molecule has 0 saturated heterocycles. The van der Waals surface area contributed by atoms with Gasteiger partial charge in [-0.05, 0) is 13.8 Å². The number of thiazole rings is 1. The summed E-state index contributed by atoms with van der Waals surface area (Å²) < 4.78 is 1.95. The number of imidazole rings is 1. The van der Waals surface area contributed by atoms with E-state index >= 15 is 0 Å². The van der Waals surface area contributed by atoms with Gasteiger partial charge in [0.25, 0.3) is 0 Å². The summed E-state index contributed by atoms with van der Waals surface area (Å²) in [5.41, 5.74) is 1.67. The Morgan fingerprint density at radius 3 is 2.92 bits per heavy atom. The Morgan fingerprint density at radius 2 is 2.33 bits per heavy atom. The van der Waals surface area contributed by atoms with E-state index in [-0.39, 0.29) is 0 Å². The average molecular weight is 180 g/mol. The number of carbonyl (C=O) groups is 1. The number of hydrogen-bond donors (Lipinski definition) is 0. The fourth-order valence-corrected chi connectivity index (χ4v) is 2.09. The van der Waals surface area contributed by atoms with Crippen molar-refractivity contribution in [3.8, 4) is 0 Å². The van der Waals surface area contributed by atoms with Gasteiger partial charge in [-0.3, -0.25) is 9.20 Å². The Labute approximate surface area is 73.7 Å². The van der Waals surface area contributed by atoms with E-state index in [1.807, 2.05) is 11.3 Å². The summed E-state index contributed by atoms with van der Waals surface area (Å²) >= 11 is 1.61. The van der Waals surface area contributed by atoms with Crippen molar-refractivity contribution in [1.29, 1.82) is 0 Å². The Hall–Kier alpha value is -1.16. The molecule has 0 aliphatic rings. The maximum absolute atomic E-state index is 10.4. The standard InChI is InChI=1S/C8H8N2OS/c1-5-6(2)12-8-9-7(4-11)3-10(5)8/h3-4H,1-2H3. The van der Waals surface area contributed by atoms with E-state index in [0.29, 0.717) is 5.69 Å². The molecule has 0 bridgehead atoms. The van der Waals surface area contributed by atoms with Gasteiger partial charge in [0.1, 0.15) is 5.69 Å². The first-order chi connectivity index (χ1) is 5.72. The molecule has 0 radical (unpaired) electrons. The van der Waals surface area contributed by atoms with Crippen molar-refractivity contribution in [2.75, 3.05) is 0 Å². The Kier molecular flexibility index (Phi) is 1.51. The molecule has 0 atom stereocenters. The molecule has 0 fully saturated rings. The van der Waals surface area contributed by atoms with E-state index in [9.17, 15) is 4.79 Å². The number of aryl methyl sites for hydroxylation is 2. The Morgan fingerprint density at radius 1 is 1.58 bits per heavy atom. The highest BCUT2D eigenvalue weighted by atomic mass is 32.1. The number of fused-ring (bicyclic) bond motifs is 1. The first-order valence-corrected chi connectivity index (χ1v) is 4.44. The largest absolute Gasteiger partial charge is 0.296 e. The number of carbonyl (C=O) groups excluding carboxylic acids is 1. The van der Waals surface area contributed by atoms with Gasteiger partial charge in [-0.2, -0.15) is 0 Å². The van der Waals surface area contributed by atoms with Crippen LogP contribution in [0.4, 0.5) is 0 Å². The highest BCUT2D eigenvalue weighted by molar-refractivity contribution is 7.17. The maximum Gasteiger partial charge on any atom is 0.194 e. The van der Waals surface area contributed by atoms with E-state index in [1.54, 1.807) is 17.5 Å². The van der Waals surface area contributed by atoms with Crippen molar-refractivity contribution in [2.24, 2.45) is 0 Å². The molecule has 0 unspecified atom stereocenters. The maximum atomic E-state index is 10.4. The summed E-state index contributed by atoms with van der Waals surface area (Å²) in [4.78, 5) is 16.7. The molecule has 3 nitrogen and oxygen atoms in total. The van der Waals surface area contributed by atoms with Crippen LogP contribution in [0, 0.1) is 13.8 Å². The van der Waals surface area contributed by atoms with Gasteiger partial charge in [-0.1, -0.05) is 0 Å². The third-order valence-electron chi connectivity index (χ3n) is 1.93. The molecule has 0 aromatic carbocycles. The van der Waals surface area contributed by atoms with Crippen molar-refractivity contribution in [3.05, 3.63) is 22.5 Å². The van der Waals surface area contributed by atoms with E-state index in [2.05, 4.69) is 11.9 Å². The lowest BCUT2D eigenvalue weighted by molar-refractivity contribution is 0.111. The molecule has 62 valence electrons. The van der Waals surface area contributed by atoms with E-state index in [0.717, 1.165) is 16.9 Å². The number of aldehydes is 1. The van der Waals surface area contributed by atoms with Crippen LogP contribution in [-0.4, -0.2) is 15.7 Å². The van der Waals surface area contributed by atoms with Crippen LogP contribution >= 0.6 is 11.3 Å². The van der Waals surface area contributed by atoms with Crippen LogP contribution in [0.5, 0.6) is 0 Å². The molecule has 0 N–H and O–H groups in total. The van der Waals surface area contributed by atoms with Crippen LogP contribution < -0.4 is 0 Å². The second-order valence-corrected chi connectivity index (χ2v) is 3.86. The highest BCUT2D eigenvalue weighted by Crippen LogP contribution is 2.20. The molecule has 4 heteroatoms. The molecule has 2 aromatic heterocycles. The zero-order chi connectivity index (χ0) is 8.72. The molecular weight excluding hydrogens is 172 g/mol.